The number of hydrogen-bond acceptors (Lipinski definition) is 9. The van der Waals surface area contributed by atoms with Crippen molar-refractivity contribution in [2.75, 3.05) is 6.54 Å². The summed E-state index contributed by atoms with van der Waals surface area (Å²) in [6.07, 6.45) is 6.42. The van der Waals surface area contributed by atoms with Crippen LogP contribution in [0.1, 0.15) is 104 Å². The first-order valence-corrected chi connectivity index (χ1v) is 17.5. The van der Waals surface area contributed by atoms with Gasteiger partial charge in [0.05, 0.1) is 18.3 Å². The van der Waals surface area contributed by atoms with Crippen molar-refractivity contribution in [2.24, 2.45) is 10.6 Å². The summed E-state index contributed by atoms with van der Waals surface area (Å²) in [6, 6.07) is 1.92. The van der Waals surface area contributed by atoms with Gasteiger partial charge in [0.25, 0.3) is 5.91 Å². The lowest BCUT2D eigenvalue weighted by Crippen LogP contribution is -2.59. The molecule has 5 rings (SSSR count). The molecule has 3 heterocycles. The van der Waals surface area contributed by atoms with Gasteiger partial charge in [-0.3, -0.25) is 19.2 Å². The van der Waals surface area contributed by atoms with Gasteiger partial charge in [0.15, 0.2) is 5.60 Å². The van der Waals surface area contributed by atoms with Crippen LogP contribution in [0.5, 0.6) is 0 Å². The first-order chi connectivity index (χ1) is 22.8. The van der Waals surface area contributed by atoms with Gasteiger partial charge in [0.1, 0.15) is 29.1 Å². The summed E-state index contributed by atoms with van der Waals surface area (Å²) in [5.41, 5.74) is -0.803. The number of aromatic nitrogens is 1. The van der Waals surface area contributed by atoms with Gasteiger partial charge in [-0.1, -0.05) is 63.4 Å². The quantitative estimate of drug-likeness (QED) is 0.233. The number of hydrogen-bond donors (Lipinski definition) is 3. The number of halogens is 1. The number of nitrogens with one attached hydrogen (secondary N) is 3. The Labute approximate surface area is 286 Å². The number of alkyl carbamates (subject to hydrolysis) is 1. The third kappa shape index (κ3) is 8.64. The van der Waals surface area contributed by atoms with E-state index in [0.717, 1.165) is 44.9 Å². The number of pyridine rings is 1. The van der Waals surface area contributed by atoms with Crippen LogP contribution < -0.4 is 16.0 Å². The van der Waals surface area contributed by atoms with E-state index in [1.807, 2.05) is 27.7 Å². The molecule has 13 nitrogen and oxygen atoms in total. The number of carbonyl (C=O) groups is 5. The minimum absolute atomic E-state index is 0.0159. The predicted octanol–water partition coefficient (Wildman–Crippen LogP) is 3.81. The van der Waals surface area contributed by atoms with Gasteiger partial charge in [-0.05, 0) is 62.5 Å². The molecule has 4 amide bonds. The number of nitrogens with zero attached hydrogens (tertiary/aromatic N) is 3. The van der Waals surface area contributed by atoms with Crippen LogP contribution in [0.4, 0.5) is 4.79 Å². The van der Waals surface area contributed by atoms with Crippen molar-refractivity contribution >= 4 is 46.9 Å². The summed E-state index contributed by atoms with van der Waals surface area (Å²) in [5, 5.41) is 12.8. The molecule has 0 radical (unpaired) electrons. The molecule has 48 heavy (non-hydrogen) atoms. The van der Waals surface area contributed by atoms with E-state index in [9.17, 15) is 24.0 Å². The molecule has 0 bridgehead atoms. The van der Waals surface area contributed by atoms with E-state index < -0.39 is 58.7 Å². The number of carbonyl (C=O) groups excluding carboxylic acids is 5. The van der Waals surface area contributed by atoms with E-state index in [1.165, 1.54) is 4.90 Å². The molecule has 3 fully saturated rings. The predicted molar refractivity (Wildman–Crippen MR) is 177 cm³/mol. The van der Waals surface area contributed by atoms with Crippen molar-refractivity contribution in [3.8, 4) is 0 Å². The SMILES string of the molecule is CCC[C@H](NC(=O)[C@@H]1C[C@]2(CC(c3cccc(Cl)n3)=NO2)CN1C(=O)[C@@H](NC(=O)OC1CCCCC1)C(C)(C)C)C(=O)C(=O)NC1CC1. The number of rotatable bonds is 11. The molecule has 3 N–H and O–H groups in total. The van der Waals surface area contributed by atoms with E-state index in [0.29, 0.717) is 17.8 Å². The zero-order chi connectivity index (χ0) is 34.6. The summed E-state index contributed by atoms with van der Waals surface area (Å²) in [5.74, 6) is -2.55. The molecule has 2 aliphatic carbocycles. The molecule has 14 heteroatoms. The Bertz CT molecular complexity index is 1440. The van der Waals surface area contributed by atoms with Crippen molar-refractivity contribution in [2.45, 2.75) is 134 Å². The molecule has 262 valence electrons. The zero-order valence-electron chi connectivity index (χ0n) is 28.2. The molecule has 1 spiro atoms. The standard InChI is InChI=1S/C34H47ClN6O7/c1-5-10-23(27(42)30(44)36-20-15-16-20)38-29(43)25-18-34(17-24(40-48-34)22-13-9-14-26(35)37-22)19-41(25)31(45)28(33(2,3)4)39-32(46)47-21-11-7-6-8-12-21/h9,13-14,20-21,23,25,28H,5-8,10-12,15-19H2,1-4H3,(H,36,44)(H,38,43)(H,39,46)/t23-,25-,28+,34+/m0/s1. The second-order valence-corrected chi connectivity index (χ2v) is 15.0. The van der Waals surface area contributed by atoms with Crippen LogP contribution in [0.2, 0.25) is 5.15 Å². The maximum Gasteiger partial charge on any atom is 0.408 e. The van der Waals surface area contributed by atoms with Crippen LogP contribution in [0.3, 0.4) is 0 Å². The molecular formula is C34H47ClN6O7. The first kappa shape index (κ1) is 35.6. The fourth-order valence-electron chi connectivity index (χ4n) is 6.60. The third-order valence-corrected chi connectivity index (χ3v) is 9.59. The van der Waals surface area contributed by atoms with Gasteiger partial charge in [-0.2, -0.15) is 0 Å². The average molecular weight is 687 g/mol. The number of likely N-dealkylation sites (tertiary alicyclic amines) is 1. The molecule has 2 aliphatic heterocycles. The summed E-state index contributed by atoms with van der Waals surface area (Å²) in [4.78, 5) is 79.2. The number of oxime groups is 1. The van der Waals surface area contributed by atoms with Crippen LogP contribution in [-0.4, -0.2) is 87.6 Å². The van der Waals surface area contributed by atoms with Crippen molar-refractivity contribution in [1.29, 1.82) is 0 Å². The van der Waals surface area contributed by atoms with Gasteiger partial charge in [0, 0.05) is 18.9 Å². The number of Topliss-reactive ketones (excluding diaryl/α,β-unsaturated/α-hetero) is 1. The highest BCUT2D eigenvalue weighted by atomic mass is 35.5. The Balaban J connectivity index is 1.38. The van der Waals surface area contributed by atoms with Crippen molar-refractivity contribution in [3.63, 3.8) is 0 Å². The Kier molecular flexibility index (Phi) is 11.0. The molecule has 0 aromatic carbocycles. The Morgan fingerprint density at radius 1 is 1.08 bits per heavy atom. The highest BCUT2D eigenvalue weighted by Crippen LogP contribution is 2.40. The van der Waals surface area contributed by atoms with Crippen LogP contribution >= 0.6 is 11.6 Å². The number of ketones is 1. The fourth-order valence-corrected chi connectivity index (χ4v) is 6.77. The van der Waals surface area contributed by atoms with Gasteiger partial charge in [0.2, 0.25) is 17.6 Å². The topological polar surface area (TPSA) is 168 Å². The van der Waals surface area contributed by atoms with Gasteiger partial charge < -0.3 is 30.4 Å². The van der Waals surface area contributed by atoms with E-state index in [2.05, 4.69) is 26.1 Å². The maximum atomic E-state index is 14.5. The summed E-state index contributed by atoms with van der Waals surface area (Å²) in [6.45, 7) is 7.31. The summed E-state index contributed by atoms with van der Waals surface area (Å²) in [7, 11) is 0. The van der Waals surface area contributed by atoms with E-state index in [1.54, 1.807) is 18.2 Å². The van der Waals surface area contributed by atoms with Gasteiger partial charge in [-0.25, -0.2) is 9.78 Å². The average Bonchev–Trinajstić information content (AvgIpc) is 3.63. The Morgan fingerprint density at radius 2 is 1.81 bits per heavy atom. The smallest absolute Gasteiger partial charge is 0.408 e. The largest absolute Gasteiger partial charge is 0.446 e. The molecule has 0 unspecified atom stereocenters. The Hall–Kier alpha value is -3.74. The lowest BCUT2D eigenvalue weighted by atomic mass is 9.85. The molecule has 2 saturated carbocycles. The highest BCUT2D eigenvalue weighted by Gasteiger charge is 2.56. The minimum Gasteiger partial charge on any atom is -0.446 e. The number of ether oxygens (including phenoxy) is 1. The second kappa shape index (κ2) is 14.8. The molecule has 1 aromatic rings. The monoisotopic (exact) mass is 686 g/mol. The van der Waals surface area contributed by atoms with Gasteiger partial charge in [-0.15, -0.1) is 0 Å². The van der Waals surface area contributed by atoms with Crippen LogP contribution in [0.15, 0.2) is 23.4 Å². The summed E-state index contributed by atoms with van der Waals surface area (Å²) >= 11 is 6.12. The molecule has 4 atom stereocenters. The van der Waals surface area contributed by atoms with E-state index in [-0.39, 0.29) is 43.1 Å². The summed E-state index contributed by atoms with van der Waals surface area (Å²) < 4.78 is 5.69. The van der Waals surface area contributed by atoms with Crippen molar-refractivity contribution in [1.82, 2.24) is 25.8 Å². The second-order valence-electron chi connectivity index (χ2n) is 14.6. The van der Waals surface area contributed by atoms with Crippen LogP contribution in [-0.2, 0) is 28.8 Å². The highest BCUT2D eigenvalue weighted by molar-refractivity contribution is 6.38. The first-order valence-electron chi connectivity index (χ1n) is 17.1. The van der Waals surface area contributed by atoms with Crippen LogP contribution in [0.25, 0.3) is 0 Å². The van der Waals surface area contributed by atoms with Crippen molar-refractivity contribution in [3.05, 3.63) is 29.0 Å². The zero-order valence-corrected chi connectivity index (χ0v) is 28.9. The Morgan fingerprint density at radius 3 is 2.46 bits per heavy atom. The van der Waals surface area contributed by atoms with Crippen molar-refractivity contribution < 1.29 is 33.5 Å². The third-order valence-electron chi connectivity index (χ3n) is 9.38. The molecule has 4 aliphatic rings. The normalized spacial score (nSPS) is 23.9. The lowest BCUT2D eigenvalue weighted by molar-refractivity contribution is -0.144. The minimum atomic E-state index is -1.08. The fraction of sp³-hybridized carbons (Fsp3) is 0.676. The van der Waals surface area contributed by atoms with Crippen LogP contribution in [0, 0.1) is 5.41 Å². The maximum absolute atomic E-state index is 14.5. The van der Waals surface area contributed by atoms with E-state index >= 15 is 0 Å². The van der Waals surface area contributed by atoms with E-state index in [4.69, 9.17) is 21.2 Å². The molecule has 1 aromatic heterocycles. The molecular weight excluding hydrogens is 640 g/mol. The lowest BCUT2D eigenvalue weighted by Gasteiger charge is -2.35. The molecule has 1 saturated heterocycles. The number of amides is 4. The van der Waals surface area contributed by atoms with Gasteiger partial charge >= 0.3 is 6.09 Å².